The highest BCUT2D eigenvalue weighted by molar-refractivity contribution is 5.59. The molecule has 2 aliphatic heterocycles. The summed E-state index contributed by atoms with van der Waals surface area (Å²) in [5.74, 6) is 0.678. The van der Waals surface area contributed by atoms with Gasteiger partial charge in [0.05, 0.1) is 6.10 Å². The van der Waals surface area contributed by atoms with Crippen LogP contribution in [0.3, 0.4) is 0 Å². The summed E-state index contributed by atoms with van der Waals surface area (Å²) in [6, 6.07) is 8.62. The Labute approximate surface area is 174 Å². The number of likely N-dealkylation sites (N-methyl/N-ethyl adjacent to an activating group) is 1. The van der Waals surface area contributed by atoms with Crippen molar-refractivity contribution in [2.24, 2.45) is 0 Å². The van der Waals surface area contributed by atoms with Gasteiger partial charge in [0.2, 0.25) is 5.95 Å². The fourth-order valence-corrected chi connectivity index (χ4v) is 4.13. The van der Waals surface area contributed by atoms with Crippen LogP contribution >= 0.6 is 0 Å². The van der Waals surface area contributed by atoms with E-state index < -0.39 is 0 Å². The van der Waals surface area contributed by atoms with E-state index in [4.69, 9.17) is 9.72 Å². The van der Waals surface area contributed by atoms with Gasteiger partial charge in [0.25, 0.3) is 0 Å². The number of benzene rings is 1. The molecular formula is C23H33N5O. The normalized spacial score (nSPS) is 20.2. The Hall–Kier alpha value is -2.18. The lowest BCUT2D eigenvalue weighted by molar-refractivity contribution is 0.104. The van der Waals surface area contributed by atoms with E-state index in [1.54, 1.807) is 0 Å². The van der Waals surface area contributed by atoms with Gasteiger partial charge in [0.1, 0.15) is 0 Å². The quantitative estimate of drug-likeness (QED) is 0.772. The van der Waals surface area contributed by atoms with Crippen LogP contribution in [0.5, 0.6) is 0 Å². The Morgan fingerprint density at radius 1 is 1.14 bits per heavy atom. The zero-order chi connectivity index (χ0) is 20.1. The second-order valence-electron chi connectivity index (χ2n) is 8.15. The van der Waals surface area contributed by atoms with E-state index >= 15 is 0 Å². The van der Waals surface area contributed by atoms with Crippen molar-refractivity contribution < 1.29 is 4.74 Å². The minimum atomic E-state index is 0.396. The number of anilines is 3. The molecule has 2 saturated heterocycles. The number of nitrogens with one attached hydrogen (secondary N) is 1. The summed E-state index contributed by atoms with van der Waals surface area (Å²) in [7, 11) is 2.18. The topological polar surface area (TPSA) is 53.5 Å². The first-order valence-electron chi connectivity index (χ1n) is 11.0. The fraction of sp³-hybridized carbons (Fsp3) is 0.565. The number of ether oxygens (including phenoxy) is 1. The van der Waals surface area contributed by atoms with Crippen LogP contribution in [0.1, 0.15) is 37.4 Å². The van der Waals surface area contributed by atoms with Crippen LogP contribution in [0.15, 0.2) is 30.5 Å². The number of nitrogens with zero attached hydrogens (tertiary/aromatic N) is 4. The lowest BCUT2D eigenvalue weighted by Gasteiger charge is -2.34. The second-order valence-corrected chi connectivity index (χ2v) is 8.15. The Balaban J connectivity index is 1.39. The molecule has 2 fully saturated rings. The average Bonchev–Trinajstić information content (AvgIpc) is 3.27. The molecule has 0 saturated carbocycles. The summed E-state index contributed by atoms with van der Waals surface area (Å²) in [6.45, 7) is 7.47. The predicted octanol–water partition coefficient (Wildman–Crippen LogP) is 3.65. The molecule has 0 amide bonds. The van der Waals surface area contributed by atoms with Crippen molar-refractivity contribution in [1.82, 2.24) is 14.9 Å². The van der Waals surface area contributed by atoms with Gasteiger partial charge in [0.15, 0.2) is 0 Å². The van der Waals surface area contributed by atoms with Gasteiger partial charge in [-0.05, 0) is 69.0 Å². The minimum Gasteiger partial charge on any atom is -0.378 e. The van der Waals surface area contributed by atoms with Crippen molar-refractivity contribution in [2.45, 2.75) is 45.1 Å². The molecule has 1 aromatic carbocycles. The maximum absolute atomic E-state index is 5.78. The monoisotopic (exact) mass is 395 g/mol. The SMILES string of the molecule is CCc1cnc(Nc2ccc(N3CCN(C)CC3)cc2)nc1CCC1CCCO1. The molecule has 0 spiro atoms. The average molecular weight is 396 g/mol. The number of piperazine rings is 1. The number of hydrogen-bond acceptors (Lipinski definition) is 6. The molecule has 2 aromatic rings. The van der Waals surface area contributed by atoms with Crippen molar-refractivity contribution in [2.75, 3.05) is 50.1 Å². The lowest BCUT2D eigenvalue weighted by Crippen LogP contribution is -2.44. The van der Waals surface area contributed by atoms with Crippen LogP contribution in [0.2, 0.25) is 0 Å². The van der Waals surface area contributed by atoms with Gasteiger partial charge < -0.3 is 19.9 Å². The third-order valence-electron chi connectivity index (χ3n) is 6.05. The smallest absolute Gasteiger partial charge is 0.227 e. The van der Waals surface area contributed by atoms with Crippen molar-refractivity contribution in [3.05, 3.63) is 41.7 Å². The number of hydrogen-bond donors (Lipinski definition) is 1. The third kappa shape index (κ3) is 5.25. The first-order valence-corrected chi connectivity index (χ1v) is 11.0. The standard InChI is InChI=1S/C23H33N5O/c1-3-18-17-24-23(26-22(18)11-10-21-5-4-16-29-21)25-19-6-8-20(9-7-19)28-14-12-27(2)13-15-28/h6-9,17,21H,3-5,10-16H2,1-2H3,(H,24,25,26). The molecule has 156 valence electrons. The van der Waals surface area contributed by atoms with Gasteiger partial charge in [-0.15, -0.1) is 0 Å². The van der Waals surface area contributed by atoms with Crippen LogP contribution in [0.4, 0.5) is 17.3 Å². The number of rotatable bonds is 7. The second kappa shape index (κ2) is 9.55. The van der Waals surface area contributed by atoms with Crippen molar-refractivity contribution >= 4 is 17.3 Å². The molecule has 6 heteroatoms. The van der Waals surface area contributed by atoms with Gasteiger partial charge in [0, 0.05) is 56.1 Å². The summed E-state index contributed by atoms with van der Waals surface area (Å²) >= 11 is 0. The van der Waals surface area contributed by atoms with Crippen LogP contribution in [-0.2, 0) is 17.6 Å². The maximum atomic E-state index is 5.78. The highest BCUT2D eigenvalue weighted by Crippen LogP contribution is 2.23. The summed E-state index contributed by atoms with van der Waals surface area (Å²) in [6.07, 6.45) is 7.69. The Morgan fingerprint density at radius 2 is 1.93 bits per heavy atom. The van der Waals surface area contributed by atoms with Crippen molar-refractivity contribution in [3.8, 4) is 0 Å². The van der Waals surface area contributed by atoms with E-state index in [-0.39, 0.29) is 0 Å². The highest BCUT2D eigenvalue weighted by atomic mass is 16.5. The molecular weight excluding hydrogens is 362 g/mol. The van der Waals surface area contributed by atoms with Gasteiger partial charge in [-0.2, -0.15) is 0 Å². The summed E-state index contributed by atoms with van der Waals surface area (Å²) < 4.78 is 5.78. The lowest BCUT2D eigenvalue weighted by atomic mass is 10.1. The van der Waals surface area contributed by atoms with E-state index in [0.717, 1.165) is 63.4 Å². The molecule has 1 aromatic heterocycles. The molecule has 1 atom stereocenters. The predicted molar refractivity (Wildman–Crippen MR) is 118 cm³/mol. The van der Waals surface area contributed by atoms with Crippen LogP contribution < -0.4 is 10.2 Å². The van der Waals surface area contributed by atoms with Crippen LogP contribution in [-0.4, -0.2) is 60.8 Å². The molecule has 4 rings (SSSR count). The first kappa shape index (κ1) is 20.1. The van der Waals surface area contributed by atoms with Crippen LogP contribution in [0.25, 0.3) is 0 Å². The highest BCUT2D eigenvalue weighted by Gasteiger charge is 2.17. The summed E-state index contributed by atoms with van der Waals surface area (Å²) in [4.78, 5) is 14.2. The van der Waals surface area contributed by atoms with Gasteiger partial charge >= 0.3 is 0 Å². The van der Waals surface area contributed by atoms with E-state index in [0.29, 0.717) is 12.1 Å². The molecule has 1 N–H and O–H groups in total. The van der Waals surface area contributed by atoms with Gasteiger partial charge in [-0.25, -0.2) is 9.97 Å². The molecule has 6 nitrogen and oxygen atoms in total. The molecule has 1 unspecified atom stereocenters. The number of aryl methyl sites for hydroxylation is 2. The first-order chi connectivity index (χ1) is 14.2. The fourth-order valence-electron chi connectivity index (χ4n) is 4.13. The Morgan fingerprint density at radius 3 is 2.62 bits per heavy atom. The zero-order valence-electron chi connectivity index (χ0n) is 17.7. The van der Waals surface area contributed by atoms with E-state index in [1.165, 1.54) is 24.1 Å². The molecule has 0 aliphatic carbocycles. The molecule has 0 bridgehead atoms. The summed E-state index contributed by atoms with van der Waals surface area (Å²) in [5.41, 5.74) is 4.69. The maximum Gasteiger partial charge on any atom is 0.227 e. The van der Waals surface area contributed by atoms with Gasteiger partial charge in [-0.3, -0.25) is 0 Å². The van der Waals surface area contributed by atoms with Crippen molar-refractivity contribution in [1.29, 1.82) is 0 Å². The molecule has 2 aliphatic rings. The van der Waals surface area contributed by atoms with E-state index in [1.807, 2.05) is 6.20 Å². The zero-order valence-corrected chi connectivity index (χ0v) is 17.7. The van der Waals surface area contributed by atoms with E-state index in [2.05, 4.69) is 58.3 Å². The summed E-state index contributed by atoms with van der Waals surface area (Å²) in [5, 5.41) is 3.38. The molecule has 29 heavy (non-hydrogen) atoms. The van der Waals surface area contributed by atoms with E-state index in [9.17, 15) is 0 Å². The van der Waals surface area contributed by atoms with Crippen LogP contribution in [0, 0.1) is 0 Å². The minimum absolute atomic E-state index is 0.396. The third-order valence-corrected chi connectivity index (χ3v) is 6.05. The molecule has 0 radical (unpaired) electrons. The molecule has 3 heterocycles. The Kier molecular flexibility index (Phi) is 6.62. The van der Waals surface area contributed by atoms with Crippen molar-refractivity contribution in [3.63, 3.8) is 0 Å². The largest absolute Gasteiger partial charge is 0.378 e. The van der Waals surface area contributed by atoms with Gasteiger partial charge in [-0.1, -0.05) is 6.92 Å². The number of aromatic nitrogens is 2. The Bertz CT molecular complexity index is 780.